The highest BCUT2D eigenvalue weighted by Gasteiger charge is 2.48. The fraction of sp³-hybridized carbons (Fsp3) is 0.692. The summed E-state index contributed by atoms with van der Waals surface area (Å²) in [5, 5.41) is 9.36. The van der Waals surface area contributed by atoms with Crippen LogP contribution in [0.4, 0.5) is 0 Å². The first-order valence-electron chi connectivity index (χ1n) is 6.25. The molecular weight excluding hydrogens is 216 g/mol. The van der Waals surface area contributed by atoms with Crippen LogP contribution in [0, 0.1) is 12.8 Å². The number of carbonyl (C=O) groups is 1. The van der Waals surface area contributed by atoms with Crippen LogP contribution in [0.15, 0.2) is 0 Å². The molecule has 1 aliphatic carbocycles. The average Bonchev–Trinajstić information content (AvgIpc) is 2.43. The number of nitrogens with one attached hydrogen (secondary N) is 1. The van der Waals surface area contributed by atoms with Crippen molar-refractivity contribution in [3.63, 3.8) is 0 Å². The molecule has 17 heavy (non-hydrogen) atoms. The Balaban J connectivity index is 2.30. The van der Waals surface area contributed by atoms with Crippen LogP contribution in [0.25, 0.3) is 0 Å². The first kappa shape index (κ1) is 12.1. The third-order valence-electron chi connectivity index (χ3n) is 3.66. The van der Waals surface area contributed by atoms with Gasteiger partial charge in [-0.2, -0.15) is 0 Å². The van der Waals surface area contributed by atoms with E-state index in [2.05, 4.69) is 23.8 Å². The predicted molar refractivity (Wildman–Crippen MR) is 65.0 cm³/mol. The Kier molecular flexibility index (Phi) is 2.98. The lowest BCUT2D eigenvalue weighted by Gasteiger charge is -2.35. The maximum absolute atomic E-state index is 11.4. The summed E-state index contributed by atoms with van der Waals surface area (Å²) in [4.78, 5) is 19.1. The van der Waals surface area contributed by atoms with E-state index in [1.165, 1.54) is 0 Å². The van der Waals surface area contributed by atoms with Gasteiger partial charge in [-0.1, -0.05) is 20.3 Å². The molecule has 0 bridgehead atoms. The summed E-state index contributed by atoms with van der Waals surface area (Å²) < 4.78 is 0. The molecule has 1 aliphatic rings. The van der Waals surface area contributed by atoms with Gasteiger partial charge in [-0.25, -0.2) is 4.98 Å². The Hall–Kier alpha value is -1.32. The molecule has 0 atom stereocenters. The van der Waals surface area contributed by atoms with Gasteiger partial charge in [0, 0.05) is 5.69 Å². The molecule has 0 aliphatic heterocycles. The van der Waals surface area contributed by atoms with Gasteiger partial charge < -0.3 is 10.1 Å². The Morgan fingerprint density at radius 3 is 2.59 bits per heavy atom. The summed E-state index contributed by atoms with van der Waals surface area (Å²) in [5.74, 6) is 0.449. The lowest BCUT2D eigenvalue weighted by atomic mass is 9.68. The average molecular weight is 236 g/mol. The van der Waals surface area contributed by atoms with E-state index >= 15 is 0 Å². The number of aromatic amines is 1. The van der Waals surface area contributed by atoms with Crippen LogP contribution in [0.5, 0.6) is 0 Å². The highest BCUT2D eigenvalue weighted by atomic mass is 16.4. The molecule has 2 N–H and O–H groups in total. The first-order valence-corrected chi connectivity index (χ1v) is 6.25. The number of hydrogen-bond donors (Lipinski definition) is 2. The largest absolute Gasteiger partial charge is 0.480 e. The second-order valence-electron chi connectivity index (χ2n) is 5.50. The highest BCUT2D eigenvalue weighted by molar-refractivity contribution is 5.81. The number of carboxylic acids is 1. The van der Waals surface area contributed by atoms with Crippen molar-refractivity contribution in [1.82, 2.24) is 9.97 Å². The fourth-order valence-corrected chi connectivity index (χ4v) is 2.39. The van der Waals surface area contributed by atoms with Crippen LogP contribution in [0.2, 0.25) is 0 Å². The van der Waals surface area contributed by atoms with E-state index in [-0.39, 0.29) is 0 Å². The number of carboxylic acid groups (broad SMARTS) is 1. The molecule has 0 radical (unpaired) electrons. The molecule has 4 heteroatoms. The third kappa shape index (κ3) is 1.96. The van der Waals surface area contributed by atoms with Crippen molar-refractivity contribution in [1.29, 1.82) is 0 Å². The van der Waals surface area contributed by atoms with E-state index in [1.54, 1.807) is 0 Å². The van der Waals surface area contributed by atoms with Gasteiger partial charge >= 0.3 is 5.97 Å². The SMILES string of the molecule is Cc1[nH]c(C2(C(=O)O)CCC2)nc1CC(C)C. The van der Waals surface area contributed by atoms with Gasteiger partial charge in [0.05, 0.1) is 5.69 Å². The summed E-state index contributed by atoms with van der Waals surface area (Å²) in [5.41, 5.74) is 1.30. The highest BCUT2D eigenvalue weighted by Crippen LogP contribution is 2.42. The van der Waals surface area contributed by atoms with E-state index < -0.39 is 11.4 Å². The summed E-state index contributed by atoms with van der Waals surface area (Å²) >= 11 is 0. The molecule has 94 valence electrons. The van der Waals surface area contributed by atoms with Crippen molar-refractivity contribution in [3.8, 4) is 0 Å². The van der Waals surface area contributed by atoms with E-state index in [0.29, 0.717) is 24.6 Å². The van der Waals surface area contributed by atoms with Crippen molar-refractivity contribution < 1.29 is 9.90 Å². The zero-order valence-electron chi connectivity index (χ0n) is 10.7. The number of aryl methyl sites for hydroxylation is 1. The normalized spacial score (nSPS) is 18.1. The van der Waals surface area contributed by atoms with Crippen LogP contribution in [-0.2, 0) is 16.6 Å². The lowest BCUT2D eigenvalue weighted by Crippen LogP contribution is -2.43. The van der Waals surface area contributed by atoms with Gasteiger partial charge in [0.25, 0.3) is 0 Å². The van der Waals surface area contributed by atoms with Crippen molar-refractivity contribution in [2.24, 2.45) is 5.92 Å². The topological polar surface area (TPSA) is 66.0 Å². The molecule has 0 aromatic carbocycles. The Bertz CT molecular complexity index is 431. The van der Waals surface area contributed by atoms with Crippen molar-refractivity contribution in [2.45, 2.75) is 51.9 Å². The second-order valence-corrected chi connectivity index (χ2v) is 5.50. The molecule has 0 spiro atoms. The lowest BCUT2D eigenvalue weighted by molar-refractivity contribution is -0.147. The molecule has 4 nitrogen and oxygen atoms in total. The van der Waals surface area contributed by atoms with E-state index in [1.807, 2.05) is 6.92 Å². The number of rotatable bonds is 4. The molecular formula is C13H20N2O2. The van der Waals surface area contributed by atoms with Crippen LogP contribution >= 0.6 is 0 Å². The molecule has 2 rings (SSSR count). The zero-order chi connectivity index (χ0) is 12.6. The van der Waals surface area contributed by atoms with Gasteiger partial charge in [0.1, 0.15) is 11.2 Å². The van der Waals surface area contributed by atoms with Gasteiger partial charge in [0.2, 0.25) is 0 Å². The minimum Gasteiger partial charge on any atom is -0.480 e. The molecule has 0 saturated heterocycles. The number of nitrogens with zero attached hydrogens (tertiary/aromatic N) is 1. The molecule has 1 fully saturated rings. The minimum absolute atomic E-state index is 0.534. The first-order chi connectivity index (χ1) is 7.95. The third-order valence-corrected chi connectivity index (χ3v) is 3.66. The van der Waals surface area contributed by atoms with Gasteiger partial charge in [-0.05, 0) is 32.1 Å². The number of aliphatic carboxylic acids is 1. The standard InChI is InChI=1S/C13H20N2O2/c1-8(2)7-10-9(3)14-11(15-10)13(12(16)17)5-4-6-13/h8H,4-7H2,1-3H3,(H,14,15)(H,16,17). The van der Waals surface area contributed by atoms with Crippen molar-refractivity contribution >= 4 is 5.97 Å². The smallest absolute Gasteiger partial charge is 0.317 e. The molecule has 1 heterocycles. The van der Waals surface area contributed by atoms with Gasteiger partial charge in [-0.3, -0.25) is 4.79 Å². The van der Waals surface area contributed by atoms with E-state index in [4.69, 9.17) is 0 Å². The molecule has 1 aromatic heterocycles. The van der Waals surface area contributed by atoms with E-state index in [0.717, 1.165) is 24.2 Å². The summed E-state index contributed by atoms with van der Waals surface area (Å²) in [6.07, 6.45) is 3.29. The van der Waals surface area contributed by atoms with Gasteiger partial charge in [0.15, 0.2) is 0 Å². The Morgan fingerprint density at radius 1 is 1.53 bits per heavy atom. The molecule has 1 aromatic rings. The molecule has 1 saturated carbocycles. The van der Waals surface area contributed by atoms with E-state index in [9.17, 15) is 9.90 Å². The second kappa shape index (κ2) is 4.17. The Morgan fingerprint density at radius 2 is 2.18 bits per heavy atom. The summed E-state index contributed by atoms with van der Waals surface area (Å²) in [6.45, 7) is 6.26. The van der Waals surface area contributed by atoms with Crippen LogP contribution in [0.1, 0.15) is 50.3 Å². The number of H-pyrrole nitrogens is 1. The van der Waals surface area contributed by atoms with Crippen LogP contribution < -0.4 is 0 Å². The fourth-order valence-electron chi connectivity index (χ4n) is 2.39. The summed E-state index contributed by atoms with van der Waals surface area (Å²) in [6, 6.07) is 0. The summed E-state index contributed by atoms with van der Waals surface area (Å²) in [7, 11) is 0. The minimum atomic E-state index is -0.742. The quantitative estimate of drug-likeness (QED) is 0.843. The Labute approximate surface area is 101 Å². The number of hydrogen-bond acceptors (Lipinski definition) is 2. The monoisotopic (exact) mass is 236 g/mol. The van der Waals surface area contributed by atoms with Crippen LogP contribution in [0.3, 0.4) is 0 Å². The van der Waals surface area contributed by atoms with Crippen molar-refractivity contribution in [2.75, 3.05) is 0 Å². The molecule has 0 unspecified atom stereocenters. The van der Waals surface area contributed by atoms with Crippen LogP contribution in [-0.4, -0.2) is 21.0 Å². The van der Waals surface area contributed by atoms with Crippen molar-refractivity contribution in [3.05, 3.63) is 17.2 Å². The molecule has 0 amide bonds. The maximum atomic E-state index is 11.4. The predicted octanol–water partition coefficient (Wildman–Crippen LogP) is 2.42. The maximum Gasteiger partial charge on any atom is 0.317 e. The number of aromatic nitrogens is 2. The number of imidazole rings is 1. The van der Waals surface area contributed by atoms with Gasteiger partial charge in [-0.15, -0.1) is 0 Å². The zero-order valence-corrected chi connectivity index (χ0v) is 10.7.